The average Bonchev–Trinajstić information content (AvgIpc) is 2.98. The van der Waals surface area contributed by atoms with Gasteiger partial charge in [-0.3, -0.25) is 14.5 Å². The highest BCUT2D eigenvalue weighted by molar-refractivity contribution is 7.14. The number of carbonyl (C=O) groups excluding carboxylic acids is 2. The Labute approximate surface area is 150 Å². The summed E-state index contributed by atoms with van der Waals surface area (Å²) in [5.74, 6) is 0.577. The van der Waals surface area contributed by atoms with E-state index in [2.05, 4.69) is 4.98 Å². The number of ketones is 1. The van der Waals surface area contributed by atoms with Gasteiger partial charge in [-0.2, -0.15) is 0 Å². The van der Waals surface area contributed by atoms with Crippen molar-refractivity contribution in [3.8, 4) is 5.75 Å². The van der Waals surface area contributed by atoms with Crippen LogP contribution in [-0.4, -0.2) is 29.8 Å². The van der Waals surface area contributed by atoms with Crippen molar-refractivity contribution in [1.29, 1.82) is 0 Å². The van der Waals surface area contributed by atoms with Crippen LogP contribution < -0.4 is 9.64 Å². The van der Waals surface area contributed by atoms with Gasteiger partial charge in [0.1, 0.15) is 12.4 Å². The molecule has 0 bridgehead atoms. The molecule has 0 radical (unpaired) electrons. The maximum Gasteiger partial charge on any atom is 0.225 e. The summed E-state index contributed by atoms with van der Waals surface area (Å²) in [7, 11) is 0. The molecule has 0 saturated heterocycles. The standard InChI is InChI=1S/C19H20N2O3S/c1-5-21(13(4)22)19-20-15(10-25-19)8-14-9-24-16-7-11(2)6-12(3)17(16)18(14)23/h6-8,10H,5,9H2,1-4H3/b14-8+. The molecule has 6 heteroatoms. The lowest BCUT2D eigenvalue weighted by molar-refractivity contribution is -0.116. The lowest BCUT2D eigenvalue weighted by Crippen LogP contribution is -2.27. The van der Waals surface area contributed by atoms with Crippen molar-refractivity contribution in [2.75, 3.05) is 18.1 Å². The van der Waals surface area contributed by atoms with Gasteiger partial charge in [0.15, 0.2) is 10.9 Å². The summed E-state index contributed by atoms with van der Waals surface area (Å²) in [6.07, 6.45) is 1.75. The highest BCUT2D eigenvalue weighted by Crippen LogP contribution is 2.32. The second kappa shape index (κ2) is 6.80. The molecule has 1 aromatic heterocycles. The smallest absolute Gasteiger partial charge is 0.225 e. The maximum atomic E-state index is 12.8. The van der Waals surface area contributed by atoms with Crippen molar-refractivity contribution in [3.63, 3.8) is 0 Å². The van der Waals surface area contributed by atoms with Gasteiger partial charge in [0.05, 0.1) is 11.3 Å². The maximum absolute atomic E-state index is 12.8. The van der Waals surface area contributed by atoms with Gasteiger partial charge < -0.3 is 4.74 Å². The summed E-state index contributed by atoms with van der Waals surface area (Å²) in [5, 5.41) is 2.48. The average molecular weight is 356 g/mol. The number of benzene rings is 1. The van der Waals surface area contributed by atoms with Crippen LogP contribution in [0.25, 0.3) is 6.08 Å². The van der Waals surface area contributed by atoms with Crippen LogP contribution in [0.15, 0.2) is 23.1 Å². The van der Waals surface area contributed by atoms with E-state index in [1.54, 1.807) is 11.0 Å². The number of aryl methyl sites for hydroxylation is 2. The topological polar surface area (TPSA) is 59.5 Å². The lowest BCUT2D eigenvalue weighted by atomic mass is 9.94. The van der Waals surface area contributed by atoms with Gasteiger partial charge in [0.2, 0.25) is 5.91 Å². The van der Waals surface area contributed by atoms with Crippen LogP contribution in [0.1, 0.15) is 41.0 Å². The predicted octanol–water partition coefficient (Wildman–Crippen LogP) is 3.79. The molecule has 3 rings (SSSR count). The van der Waals surface area contributed by atoms with Crippen molar-refractivity contribution in [2.24, 2.45) is 0 Å². The van der Waals surface area contributed by atoms with Gasteiger partial charge in [-0.15, -0.1) is 11.3 Å². The summed E-state index contributed by atoms with van der Waals surface area (Å²) in [6.45, 7) is 8.11. The Kier molecular flexibility index (Phi) is 4.72. The van der Waals surface area contributed by atoms with E-state index in [0.717, 1.165) is 11.1 Å². The third kappa shape index (κ3) is 3.35. The first-order valence-electron chi connectivity index (χ1n) is 8.13. The molecule has 1 aromatic carbocycles. The van der Waals surface area contributed by atoms with Crippen LogP contribution in [0.4, 0.5) is 5.13 Å². The van der Waals surface area contributed by atoms with Crippen molar-refractivity contribution in [3.05, 3.63) is 45.5 Å². The number of ether oxygens (including phenoxy) is 1. The molecule has 0 spiro atoms. The van der Waals surface area contributed by atoms with E-state index in [4.69, 9.17) is 4.74 Å². The number of hydrogen-bond acceptors (Lipinski definition) is 5. The van der Waals surface area contributed by atoms with Gasteiger partial charge in [0.25, 0.3) is 0 Å². The molecule has 0 atom stereocenters. The fourth-order valence-corrected chi connectivity index (χ4v) is 3.85. The second-order valence-electron chi connectivity index (χ2n) is 6.06. The fraction of sp³-hybridized carbons (Fsp3) is 0.316. The first kappa shape index (κ1) is 17.4. The largest absolute Gasteiger partial charge is 0.488 e. The number of Topliss-reactive ketones (excluding diaryl/α,β-unsaturated/α-hetero) is 1. The molecule has 0 N–H and O–H groups in total. The van der Waals surface area contributed by atoms with Crippen molar-refractivity contribution >= 4 is 34.2 Å². The molecule has 130 valence electrons. The van der Waals surface area contributed by atoms with E-state index < -0.39 is 0 Å². The number of hydrogen-bond donors (Lipinski definition) is 0. The summed E-state index contributed by atoms with van der Waals surface area (Å²) >= 11 is 1.39. The van der Waals surface area contributed by atoms with E-state index in [-0.39, 0.29) is 18.3 Å². The Balaban J connectivity index is 1.92. The first-order chi connectivity index (χ1) is 11.9. The van der Waals surface area contributed by atoms with E-state index in [9.17, 15) is 9.59 Å². The van der Waals surface area contributed by atoms with Gasteiger partial charge in [-0.05, 0) is 44.0 Å². The summed E-state index contributed by atoms with van der Waals surface area (Å²) in [6, 6.07) is 3.87. The molecular formula is C19H20N2O3S. The number of nitrogens with zero attached hydrogens (tertiary/aromatic N) is 2. The number of anilines is 1. The molecule has 5 nitrogen and oxygen atoms in total. The zero-order valence-corrected chi connectivity index (χ0v) is 15.6. The van der Waals surface area contributed by atoms with Crippen LogP contribution in [-0.2, 0) is 4.79 Å². The number of fused-ring (bicyclic) bond motifs is 1. The highest BCUT2D eigenvalue weighted by Gasteiger charge is 2.26. The zero-order valence-electron chi connectivity index (χ0n) is 14.8. The molecule has 0 unspecified atom stereocenters. The Morgan fingerprint density at radius 2 is 2.16 bits per heavy atom. The minimum absolute atomic E-state index is 0.0211. The fourth-order valence-electron chi connectivity index (χ4n) is 2.96. The molecule has 2 heterocycles. The minimum atomic E-state index is -0.0481. The van der Waals surface area contributed by atoms with E-state index in [1.165, 1.54) is 18.3 Å². The van der Waals surface area contributed by atoms with E-state index in [0.29, 0.717) is 34.3 Å². The van der Waals surface area contributed by atoms with Gasteiger partial charge in [-0.25, -0.2) is 4.98 Å². The lowest BCUT2D eigenvalue weighted by Gasteiger charge is -2.21. The first-order valence-corrected chi connectivity index (χ1v) is 9.01. The molecule has 1 aliphatic heterocycles. The molecule has 0 fully saturated rings. The molecule has 0 saturated carbocycles. The molecule has 1 aliphatic rings. The van der Waals surface area contributed by atoms with E-state index >= 15 is 0 Å². The third-order valence-corrected chi connectivity index (χ3v) is 4.99. The third-order valence-electron chi connectivity index (χ3n) is 4.10. The highest BCUT2D eigenvalue weighted by atomic mass is 32.1. The summed E-state index contributed by atoms with van der Waals surface area (Å²) in [4.78, 5) is 30.5. The molecule has 25 heavy (non-hydrogen) atoms. The SMILES string of the molecule is CCN(C(C)=O)c1nc(/C=C2\COc3cc(C)cc(C)c3C2=O)cs1. The van der Waals surface area contributed by atoms with Crippen LogP contribution in [0.2, 0.25) is 0 Å². The van der Waals surface area contributed by atoms with Gasteiger partial charge in [0, 0.05) is 24.4 Å². The number of aromatic nitrogens is 1. The van der Waals surface area contributed by atoms with Crippen LogP contribution >= 0.6 is 11.3 Å². The Morgan fingerprint density at radius 1 is 1.40 bits per heavy atom. The van der Waals surface area contributed by atoms with Crippen molar-refractivity contribution in [1.82, 2.24) is 4.98 Å². The number of rotatable bonds is 3. The summed E-state index contributed by atoms with van der Waals surface area (Å²) < 4.78 is 5.78. The monoisotopic (exact) mass is 356 g/mol. The quantitative estimate of drug-likeness (QED) is 0.785. The van der Waals surface area contributed by atoms with Crippen molar-refractivity contribution < 1.29 is 14.3 Å². The van der Waals surface area contributed by atoms with Gasteiger partial charge in [-0.1, -0.05) is 6.07 Å². The Hall–Kier alpha value is -2.47. The van der Waals surface area contributed by atoms with Crippen LogP contribution in [0, 0.1) is 13.8 Å². The van der Waals surface area contributed by atoms with Crippen LogP contribution in [0.3, 0.4) is 0 Å². The van der Waals surface area contributed by atoms with Crippen molar-refractivity contribution in [2.45, 2.75) is 27.7 Å². The molecule has 0 aliphatic carbocycles. The summed E-state index contributed by atoms with van der Waals surface area (Å²) in [5.41, 5.74) is 3.85. The predicted molar refractivity (Wildman–Crippen MR) is 99.5 cm³/mol. The van der Waals surface area contributed by atoms with Crippen LogP contribution in [0.5, 0.6) is 5.75 Å². The van der Waals surface area contributed by atoms with E-state index in [1.807, 2.05) is 38.3 Å². The molecular weight excluding hydrogens is 336 g/mol. The molecule has 1 amide bonds. The van der Waals surface area contributed by atoms with Gasteiger partial charge >= 0.3 is 0 Å². The zero-order chi connectivity index (χ0) is 18.1. The molecule has 2 aromatic rings. The second-order valence-corrected chi connectivity index (χ2v) is 6.90. The minimum Gasteiger partial charge on any atom is -0.488 e. The number of amides is 1. The Bertz CT molecular complexity index is 883. The Morgan fingerprint density at radius 3 is 2.84 bits per heavy atom. The normalized spacial score (nSPS) is 15.0. The number of carbonyl (C=O) groups is 2. The number of thiazole rings is 1.